The van der Waals surface area contributed by atoms with Crippen molar-refractivity contribution in [1.82, 2.24) is 5.32 Å². The van der Waals surface area contributed by atoms with Crippen LogP contribution in [-0.2, 0) is 0 Å². The molecule has 0 amide bonds. The van der Waals surface area contributed by atoms with E-state index in [0.29, 0.717) is 5.92 Å². The molecule has 10 heavy (non-hydrogen) atoms. The quantitative estimate of drug-likeness (QED) is 0.519. The molecule has 0 spiro atoms. The van der Waals surface area contributed by atoms with Gasteiger partial charge in [-0.05, 0) is 25.3 Å². The molecule has 1 N–H and O–H groups in total. The van der Waals surface area contributed by atoms with Crippen molar-refractivity contribution < 1.29 is 0 Å². The number of hydrogen-bond acceptors (Lipinski definition) is 1. The molecule has 0 aromatic heterocycles. The average Bonchev–Trinajstić information content (AvgIpc) is 2.64. The fourth-order valence-electron chi connectivity index (χ4n) is 1.74. The van der Waals surface area contributed by atoms with E-state index in [1.165, 1.54) is 12.8 Å². The van der Waals surface area contributed by atoms with E-state index in [1.807, 2.05) is 0 Å². The van der Waals surface area contributed by atoms with E-state index in [2.05, 4.69) is 11.2 Å². The van der Waals surface area contributed by atoms with Gasteiger partial charge in [0.1, 0.15) is 0 Å². The van der Waals surface area contributed by atoms with Gasteiger partial charge in [-0.25, -0.2) is 0 Å². The van der Waals surface area contributed by atoms with Crippen LogP contribution < -0.4 is 5.32 Å². The van der Waals surface area contributed by atoms with Gasteiger partial charge >= 0.3 is 0 Å². The molecule has 3 atom stereocenters. The Morgan fingerprint density at radius 1 is 1.50 bits per heavy atom. The fraction of sp³-hybridized carbons (Fsp3) is 0.750. The molecule has 0 bridgehead atoms. The lowest BCUT2D eigenvalue weighted by Crippen LogP contribution is -2.28. The molecular weight excluding hydrogens is 146 g/mol. The number of terminal acetylenes is 1. The van der Waals surface area contributed by atoms with Crippen LogP contribution in [0.25, 0.3) is 0 Å². The van der Waals surface area contributed by atoms with Gasteiger partial charge in [-0.3, -0.25) is 0 Å². The maximum absolute atomic E-state index is 5.34. The van der Waals surface area contributed by atoms with Crippen LogP contribution in [-0.4, -0.2) is 12.6 Å². The predicted molar refractivity (Wildman–Crippen MR) is 44.1 cm³/mol. The van der Waals surface area contributed by atoms with Crippen molar-refractivity contribution in [2.75, 3.05) is 6.54 Å². The molecule has 0 aromatic rings. The lowest BCUT2D eigenvalue weighted by molar-refractivity contribution is 0.430. The monoisotopic (exact) mass is 157 g/mol. The minimum absolute atomic E-state index is 0. The summed E-state index contributed by atoms with van der Waals surface area (Å²) in [6.07, 6.45) is 7.86. The molecule has 2 fully saturated rings. The zero-order valence-corrected chi connectivity index (χ0v) is 6.66. The van der Waals surface area contributed by atoms with Gasteiger partial charge in [-0.2, -0.15) is 0 Å². The largest absolute Gasteiger partial charge is 0.314 e. The highest BCUT2D eigenvalue weighted by Crippen LogP contribution is 2.41. The molecule has 1 saturated heterocycles. The Kier molecular flexibility index (Phi) is 2.23. The number of halogens is 1. The predicted octanol–water partition coefficient (Wildman–Crippen LogP) is 1.04. The second-order valence-electron chi connectivity index (χ2n) is 3.02. The zero-order chi connectivity index (χ0) is 6.27. The molecule has 56 valence electrons. The molecule has 1 aliphatic heterocycles. The summed E-state index contributed by atoms with van der Waals surface area (Å²) < 4.78 is 0. The van der Waals surface area contributed by atoms with Gasteiger partial charge < -0.3 is 5.32 Å². The third-order valence-corrected chi connectivity index (χ3v) is 2.43. The summed E-state index contributed by atoms with van der Waals surface area (Å²) in [4.78, 5) is 0. The zero-order valence-electron chi connectivity index (χ0n) is 5.84. The first-order valence-corrected chi connectivity index (χ1v) is 3.61. The maximum atomic E-state index is 5.34. The van der Waals surface area contributed by atoms with Crippen LogP contribution in [0.5, 0.6) is 0 Å². The van der Waals surface area contributed by atoms with Gasteiger partial charge in [0.15, 0.2) is 0 Å². The van der Waals surface area contributed by atoms with Crippen molar-refractivity contribution >= 4 is 12.4 Å². The normalized spacial score (nSPS) is 42.5. The van der Waals surface area contributed by atoms with E-state index in [0.717, 1.165) is 18.5 Å². The van der Waals surface area contributed by atoms with Crippen molar-refractivity contribution in [1.29, 1.82) is 0 Å². The van der Waals surface area contributed by atoms with Crippen LogP contribution in [0.3, 0.4) is 0 Å². The minimum Gasteiger partial charge on any atom is -0.314 e. The smallest absolute Gasteiger partial charge is 0.0255 e. The van der Waals surface area contributed by atoms with Crippen molar-refractivity contribution in [3.8, 4) is 12.3 Å². The van der Waals surface area contributed by atoms with Gasteiger partial charge in [0.25, 0.3) is 0 Å². The van der Waals surface area contributed by atoms with Crippen LogP contribution >= 0.6 is 12.4 Å². The van der Waals surface area contributed by atoms with Gasteiger partial charge in [0.05, 0.1) is 0 Å². The second-order valence-corrected chi connectivity index (χ2v) is 3.02. The van der Waals surface area contributed by atoms with Crippen LogP contribution in [0.1, 0.15) is 12.8 Å². The first-order valence-electron chi connectivity index (χ1n) is 3.61. The van der Waals surface area contributed by atoms with E-state index < -0.39 is 0 Å². The van der Waals surface area contributed by atoms with E-state index >= 15 is 0 Å². The van der Waals surface area contributed by atoms with Crippen LogP contribution in [0.4, 0.5) is 0 Å². The second kappa shape index (κ2) is 2.82. The van der Waals surface area contributed by atoms with Gasteiger partial charge in [0, 0.05) is 12.0 Å². The molecule has 0 aromatic carbocycles. The number of hydrogen-bond donors (Lipinski definition) is 1. The van der Waals surface area contributed by atoms with E-state index in [9.17, 15) is 0 Å². The van der Waals surface area contributed by atoms with Crippen molar-refractivity contribution in [3.05, 3.63) is 0 Å². The summed E-state index contributed by atoms with van der Waals surface area (Å²) in [7, 11) is 0. The van der Waals surface area contributed by atoms with E-state index in [4.69, 9.17) is 6.42 Å². The summed E-state index contributed by atoms with van der Waals surface area (Å²) in [5.74, 6) is 4.29. The van der Waals surface area contributed by atoms with Gasteiger partial charge in [-0.15, -0.1) is 24.8 Å². The molecule has 3 unspecified atom stereocenters. The van der Waals surface area contributed by atoms with E-state index in [1.54, 1.807) is 0 Å². The summed E-state index contributed by atoms with van der Waals surface area (Å²) >= 11 is 0. The highest BCUT2D eigenvalue weighted by atomic mass is 35.5. The topological polar surface area (TPSA) is 12.0 Å². The summed E-state index contributed by atoms with van der Waals surface area (Å²) in [5.41, 5.74) is 0. The number of fused-ring (bicyclic) bond motifs is 1. The van der Waals surface area contributed by atoms with E-state index in [-0.39, 0.29) is 12.4 Å². The van der Waals surface area contributed by atoms with Gasteiger partial charge in [-0.1, -0.05) is 0 Å². The maximum Gasteiger partial charge on any atom is 0.0255 e. The summed E-state index contributed by atoms with van der Waals surface area (Å²) in [6.45, 7) is 1.13. The SMILES string of the molecule is C#CC1CCNC2CC12.Cl. The highest BCUT2D eigenvalue weighted by molar-refractivity contribution is 5.85. The Bertz CT molecular complexity index is 161. The molecule has 1 heterocycles. The van der Waals surface area contributed by atoms with Crippen molar-refractivity contribution in [2.45, 2.75) is 18.9 Å². The van der Waals surface area contributed by atoms with Crippen LogP contribution in [0, 0.1) is 24.2 Å². The van der Waals surface area contributed by atoms with Crippen molar-refractivity contribution in [2.24, 2.45) is 11.8 Å². The average molecular weight is 158 g/mol. The Labute approximate surface area is 68.0 Å². The highest BCUT2D eigenvalue weighted by Gasteiger charge is 2.44. The lowest BCUT2D eigenvalue weighted by Gasteiger charge is -2.16. The fourth-order valence-corrected chi connectivity index (χ4v) is 1.74. The number of rotatable bonds is 0. The molecule has 2 heteroatoms. The Hall–Kier alpha value is -0.190. The first kappa shape index (κ1) is 7.91. The Morgan fingerprint density at radius 3 is 2.90 bits per heavy atom. The number of piperidine rings is 1. The third kappa shape index (κ3) is 1.14. The molecule has 2 rings (SSSR count). The summed E-state index contributed by atoms with van der Waals surface area (Å²) in [6, 6.07) is 0.791. The Morgan fingerprint density at radius 2 is 2.30 bits per heavy atom. The molecule has 1 aliphatic carbocycles. The standard InChI is InChI=1S/C8H11N.ClH/c1-2-6-3-4-9-8-5-7(6)8;/h1,6-9H,3-5H2;1H. The molecule has 1 saturated carbocycles. The molecule has 1 nitrogen and oxygen atoms in total. The van der Waals surface area contributed by atoms with Crippen LogP contribution in [0.2, 0.25) is 0 Å². The lowest BCUT2D eigenvalue weighted by atomic mass is 9.98. The van der Waals surface area contributed by atoms with Crippen LogP contribution in [0.15, 0.2) is 0 Å². The minimum atomic E-state index is 0. The molecule has 0 radical (unpaired) electrons. The Balaban J connectivity index is 0.000000500. The molecular formula is C8H12ClN. The summed E-state index contributed by atoms with van der Waals surface area (Å²) in [5, 5.41) is 3.42. The van der Waals surface area contributed by atoms with Crippen molar-refractivity contribution in [3.63, 3.8) is 0 Å². The third-order valence-electron chi connectivity index (χ3n) is 2.43. The number of nitrogens with one attached hydrogen (secondary N) is 1. The van der Waals surface area contributed by atoms with Gasteiger partial charge in [0.2, 0.25) is 0 Å². The molecule has 2 aliphatic rings. The first-order chi connectivity index (χ1) is 4.42.